The second kappa shape index (κ2) is 15.4. The van der Waals surface area contributed by atoms with Crippen LogP contribution < -0.4 is 21.7 Å². The molecule has 3 atom stereocenters. The zero-order valence-electron chi connectivity index (χ0n) is 27.9. The molecule has 0 spiro atoms. The maximum atomic E-state index is 14.5. The van der Waals surface area contributed by atoms with Gasteiger partial charge in [0.2, 0.25) is 29.5 Å². The molecule has 0 unspecified atom stereocenters. The molecule has 254 valence electrons. The summed E-state index contributed by atoms with van der Waals surface area (Å²) in [4.78, 5) is 81.0. The van der Waals surface area contributed by atoms with E-state index in [1.165, 1.54) is 0 Å². The number of primary amides is 1. The van der Waals surface area contributed by atoms with Crippen LogP contribution >= 0.6 is 0 Å². The van der Waals surface area contributed by atoms with Crippen molar-refractivity contribution in [2.45, 2.75) is 103 Å². The maximum absolute atomic E-state index is 14.5. The third-order valence-electron chi connectivity index (χ3n) is 8.36. The summed E-state index contributed by atoms with van der Waals surface area (Å²) in [5.41, 5.74) is 4.31. The second-order valence-corrected chi connectivity index (χ2v) is 13.7. The van der Waals surface area contributed by atoms with Crippen molar-refractivity contribution < 1.29 is 33.5 Å². The summed E-state index contributed by atoms with van der Waals surface area (Å²) in [7, 11) is 0. The largest absolute Gasteiger partial charge is 0.444 e. The van der Waals surface area contributed by atoms with Gasteiger partial charge in [0.15, 0.2) is 0 Å². The number of likely N-dealkylation sites (tertiary alicyclic amines) is 2. The van der Waals surface area contributed by atoms with E-state index < -0.39 is 53.0 Å². The molecule has 0 radical (unpaired) electrons. The van der Waals surface area contributed by atoms with Crippen LogP contribution in [0.25, 0.3) is 0 Å². The summed E-state index contributed by atoms with van der Waals surface area (Å²) >= 11 is 0. The number of carbonyl (C=O) groups is 6. The number of piperidine rings is 1. The third kappa shape index (κ3) is 9.43. The molecule has 0 aliphatic carbocycles. The first-order valence-electron chi connectivity index (χ1n) is 16.1. The molecule has 6 amide bonds. The van der Waals surface area contributed by atoms with E-state index in [0.29, 0.717) is 38.6 Å². The van der Waals surface area contributed by atoms with Crippen molar-refractivity contribution in [1.82, 2.24) is 25.8 Å². The number of ether oxygens (including phenoxy) is 1. The lowest BCUT2D eigenvalue weighted by Crippen LogP contribution is -2.59. The van der Waals surface area contributed by atoms with Crippen LogP contribution in [0.2, 0.25) is 0 Å². The molecule has 0 saturated carbocycles. The second-order valence-electron chi connectivity index (χ2n) is 13.7. The standard InChI is InChI=1S/C33H50N6O7/c1-21(2)19-24(27(41)35-20-26(34)40)37-28(42)25-13-10-16-39(25)30(44)33(23-11-8-7-9-12-23)14-17-38(18-15-33)29(43)22(3)36-31(45)46-32(4,5)6/h7-9,11-12,21-22,24-25H,10,13-20H2,1-6H3,(H2,34,40)(H,35,41)(H,36,45)(H,37,42)/t22-,24+,25+/m1/s1. The molecule has 1 aromatic carbocycles. The summed E-state index contributed by atoms with van der Waals surface area (Å²) in [5, 5.41) is 7.89. The SMILES string of the molecule is CC(C)C[C@H](NC(=O)[C@@H]1CCCN1C(=O)C1(c2ccccc2)CCN(C(=O)[C@@H](C)NC(=O)OC(C)(C)C)CC1)C(=O)NCC(N)=O. The molecular weight excluding hydrogens is 592 g/mol. The topological polar surface area (TPSA) is 180 Å². The van der Waals surface area contributed by atoms with Gasteiger partial charge in [-0.3, -0.25) is 24.0 Å². The molecule has 13 nitrogen and oxygen atoms in total. The van der Waals surface area contributed by atoms with Crippen LogP contribution in [0.5, 0.6) is 0 Å². The fourth-order valence-corrected chi connectivity index (χ4v) is 6.14. The lowest BCUT2D eigenvalue weighted by atomic mass is 9.71. The average molecular weight is 643 g/mol. The maximum Gasteiger partial charge on any atom is 0.408 e. The van der Waals surface area contributed by atoms with Crippen LogP contribution in [-0.2, 0) is 34.1 Å². The first kappa shape index (κ1) is 36.3. The molecule has 46 heavy (non-hydrogen) atoms. The smallest absolute Gasteiger partial charge is 0.408 e. The normalized spacial score (nSPS) is 19.2. The van der Waals surface area contributed by atoms with Gasteiger partial charge in [-0.1, -0.05) is 44.2 Å². The van der Waals surface area contributed by atoms with E-state index in [-0.39, 0.29) is 37.4 Å². The Morgan fingerprint density at radius 1 is 0.978 bits per heavy atom. The monoisotopic (exact) mass is 642 g/mol. The van der Waals surface area contributed by atoms with Crippen LogP contribution in [0.15, 0.2) is 30.3 Å². The first-order valence-corrected chi connectivity index (χ1v) is 16.1. The van der Waals surface area contributed by atoms with Gasteiger partial charge in [-0.15, -0.1) is 0 Å². The molecule has 2 aliphatic rings. The van der Waals surface area contributed by atoms with Crippen molar-refractivity contribution in [2.75, 3.05) is 26.2 Å². The van der Waals surface area contributed by atoms with Gasteiger partial charge in [0.25, 0.3) is 0 Å². The van der Waals surface area contributed by atoms with Gasteiger partial charge in [-0.25, -0.2) is 4.79 Å². The number of nitrogens with one attached hydrogen (secondary N) is 3. The summed E-state index contributed by atoms with van der Waals surface area (Å²) in [6, 6.07) is 6.91. The van der Waals surface area contributed by atoms with E-state index in [9.17, 15) is 28.8 Å². The molecule has 1 aromatic rings. The molecule has 0 aromatic heterocycles. The molecule has 0 bridgehead atoms. The Morgan fingerprint density at radius 3 is 2.17 bits per heavy atom. The molecule has 5 N–H and O–H groups in total. The summed E-state index contributed by atoms with van der Waals surface area (Å²) < 4.78 is 5.29. The molecule has 13 heteroatoms. The number of hydrogen-bond acceptors (Lipinski definition) is 7. The predicted molar refractivity (Wildman–Crippen MR) is 171 cm³/mol. The highest BCUT2D eigenvalue weighted by Gasteiger charge is 2.49. The van der Waals surface area contributed by atoms with Crippen molar-refractivity contribution in [1.29, 1.82) is 0 Å². The summed E-state index contributed by atoms with van der Waals surface area (Å²) in [6.07, 6.45) is 1.39. The van der Waals surface area contributed by atoms with Gasteiger partial charge in [0, 0.05) is 19.6 Å². The van der Waals surface area contributed by atoms with Gasteiger partial charge in [-0.2, -0.15) is 0 Å². The van der Waals surface area contributed by atoms with Gasteiger partial charge in [0.1, 0.15) is 23.7 Å². The Kier molecular flexibility index (Phi) is 12.2. The van der Waals surface area contributed by atoms with E-state index in [0.717, 1.165) is 5.56 Å². The molecule has 2 aliphatic heterocycles. The van der Waals surface area contributed by atoms with Crippen LogP contribution in [0, 0.1) is 5.92 Å². The fraction of sp³-hybridized carbons (Fsp3) is 0.636. The molecule has 2 heterocycles. The predicted octanol–water partition coefficient (Wildman–Crippen LogP) is 1.58. The number of amides is 6. The van der Waals surface area contributed by atoms with Crippen molar-refractivity contribution in [3.05, 3.63) is 35.9 Å². The van der Waals surface area contributed by atoms with E-state index in [1.54, 1.807) is 37.5 Å². The summed E-state index contributed by atoms with van der Waals surface area (Å²) in [6.45, 7) is 11.3. The van der Waals surface area contributed by atoms with E-state index in [1.807, 2.05) is 44.2 Å². The number of alkyl carbamates (subject to hydrolysis) is 1. The Labute approximate surface area is 271 Å². The minimum Gasteiger partial charge on any atom is -0.444 e. The average Bonchev–Trinajstić information content (AvgIpc) is 3.48. The highest BCUT2D eigenvalue weighted by molar-refractivity contribution is 5.96. The molecular formula is C33H50N6O7. The first-order chi connectivity index (χ1) is 21.5. The number of nitrogens with zero attached hydrogens (tertiary/aromatic N) is 2. The minimum absolute atomic E-state index is 0.0715. The Balaban J connectivity index is 1.77. The molecule has 2 fully saturated rings. The third-order valence-corrected chi connectivity index (χ3v) is 8.36. The lowest BCUT2D eigenvalue weighted by Gasteiger charge is -2.44. The lowest BCUT2D eigenvalue weighted by molar-refractivity contribution is -0.147. The molecule has 3 rings (SSSR count). The highest BCUT2D eigenvalue weighted by Crippen LogP contribution is 2.39. The van der Waals surface area contributed by atoms with Gasteiger partial charge >= 0.3 is 6.09 Å². The Morgan fingerprint density at radius 2 is 1.61 bits per heavy atom. The zero-order chi connectivity index (χ0) is 34.2. The van der Waals surface area contributed by atoms with E-state index >= 15 is 0 Å². The highest BCUT2D eigenvalue weighted by atomic mass is 16.6. The quantitative estimate of drug-likeness (QED) is 0.283. The van der Waals surface area contributed by atoms with Crippen molar-refractivity contribution in [3.63, 3.8) is 0 Å². The Hall–Kier alpha value is -4.16. The number of hydrogen-bond donors (Lipinski definition) is 4. The van der Waals surface area contributed by atoms with E-state index in [2.05, 4.69) is 16.0 Å². The Bertz CT molecular complexity index is 1270. The number of carbonyl (C=O) groups excluding carboxylic acids is 6. The van der Waals surface area contributed by atoms with Crippen LogP contribution in [0.4, 0.5) is 4.79 Å². The van der Waals surface area contributed by atoms with E-state index in [4.69, 9.17) is 10.5 Å². The van der Waals surface area contributed by atoms with Crippen LogP contribution in [-0.4, -0.2) is 95.3 Å². The van der Waals surface area contributed by atoms with Gasteiger partial charge in [0.05, 0.1) is 12.0 Å². The molecule has 2 saturated heterocycles. The zero-order valence-corrected chi connectivity index (χ0v) is 27.9. The van der Waals surface area contributed by atoms with Crippen LogP contribution in [0.1, 0.15) is 79.2 Å². The number of nitrogens with two attached hydrogens (primary N) is 1. The van der Waals surface area contributed by atoms with Gasteiger partial charge in [-0.05, 0) is 71.3 Å². The fourth-order valence-electron chi connectivity index (χ4n) is 6.14. The van der Waals surface area contributed by atoms with Crippen molar-refractivity contribution in [3.8, 4) is 0 Å². The number of benzene rings is 1. The number of rotatable bonds is 11. The van der Waals surface area contributed by atoms with Crippen LogP contribution in [0.3, 0.4) is 0 Å². The summed E-state index contributed by atoms with van der Waals surface area (Å²) in [5.74, 6) is -2.02. The van der Waals surface area contributed by atoms with Crippen molar-refractivity contribution >= 4 is 35.6 Å². The minimum atomic E-state index is -0.973. The van der Waals surface area contributed by atoms with Gasteiger partial charge < -0.3 is 36.2 Å². The van der Waals surface area contributed by atoms with Crippen molar-refractivity contribution in [2.24, 2.45) is 11.7 Å².